The molecular formula is C10H10Cl2N4S. The number of hydrogen-bond acceptors (Lipinski definition) is 5. The van der Waals surface area contributed by atoms with E-state index in [0.29, 0.717) is 12.5 Å². The molecular weight excluding hydrogens is 279 g/mol. The molecule has 0 bridgehead atoms. The Morgan fingerprint density at radius 1 is 1.12 bits per heavy atom. The van der Waals surface area contributed by atoms with Crippen LogP contribution in [0.25, 0.3) is 0 Å². The van der Waals surface area contributed by atoms with Crippen LogP contribution < -0.4 is 5.32 Å². The largest absolute Gasteiger partial charge is 0.349 e. The smallest absolute Gasteiger partial charge is 0.228 e. The Balaban J connectivity index is 2.01. The van der Waals surface area contributed by atoms with E-state index in [0.717, 1.165) is 6.42 Å². The zero-order valence-corrected chi connectivity index (χ0v) is 11.4. The van der Waals surface area contributed by atoms with Crippen LogP contribution in [-0.2, 0) is 13.0 Å². The Bertz CT molecular complexity index is 495. The molecule has 17 heavy (non-hydrogen) atoms. The molecule has 7 heteroatoms. The molecule has 2 rings (SSSR count). The maximum Gasteiger partial charge on any atom is 0.228 e. The number of aromatic nitrogens is 3. The van der Waals surface area contributed by atoms with Gasteiger partial charge in [-0.2, -0.15) is 15.0 Å². The van der Waals surface area contributed by atoms with E-state index in [4.69, 9.17) is 23.2 Å². The van der Waals surface area contributed by atoms with E-state index in [9.17, 15) is 0 Å². The zero-order valence-electron chi connectivity index (χ0n) is 9.07. The van der Waals surface area contributed by atoms with Gasteiger partial charge in [-0.3, -0.25) is 0 Å². The minimum absolute atomic E-state index is 0.0907. The van der Waals surface area contributed by atoms with Crippen LogP contribution in [0.3, 0.4) is 0 Å². The maximum absolute atomic E-state index is 5.67. The van der Waals surface area contributed by atoms with Gasteiger partial charge in [0.25, 0.3) is 0 Å². The van der Waals surface area contributed by atoms with Gasteiger partial charge in [0.2, 0.25) is 16.5 Å². The predicted octanol–water partition coefficient (Wildman–Crippen LogP) is 3.41. The van der Waals surface area contributed by atoms with Crippen molar-refractivity contribution in [3.63, 3.8) is 0 Å². The molecule has 0 unspecified atom stereocenters. The van der Waals surface area contributed by atoms with E-state index in [1.165, 1.54) is 9.75 Å². The van der Waals surface area contributed by atoms with Crippen molar-refractivity contribution in [3.8, 4) is 0 Å². The average molecular weight is 289 g/mol. The number of nitrogens with zero attached hydrogens (tertiary/aromatic N) is 3. The van der Waals surface area contributed by atoms with Gasteiger partial charge >= 0.3 is 0 Å². The molecule has 4 nitrogen and oxygen atoms in total. The summed E-state index contributed by atoms with van der Waals surface area (Å²) in [6.07, 6.45) is 1.05. The van der Waals surface area contributed by atoms with Gasteiger partial charge in [0.15, 0.2) is 0 Å². The van der Waals surface area contributed by atoms with Gasteiger partial charge < -0.3 is 5.32 Å². The van der Waals surface area contributed by atoms with Crippen LogP contribution in [0.2, 0.25) is 10.6 Å². The number of nitrogens with one attached hydrogen (secondary N) is 1. The highest BCUT2D eigenvalue weighted by molar-refractivity contribution is 7.12. The highest BCUT2D eigenvalue weighted by atomic mass is 35.5. The lowest BCUT2D eigenvalue weighted by atomic mass is 10.4. The minimum Gasteiger partial charge on any atom is -0.349 e. The Labute approximate surface area is 113 Å². The van der Waals surface area contributed by atoms with Crippen molar-refractivity contribution in [2.45, 2.75) is 19.9 Å². The summed E-state index contributed by atoms with van der Waals surface area (Å²) in [6, 6.07) is 4.20. The Kier molecular flexibility index (Phi) is 4.15. The van der Waals surface area contributed by atoms with Gasteiger partial charge in [-0.1, -0.05) is 6.92 Å². The van der Waals surface area contributed by atoms with Crippen LogP contribution in [0.1, 0.15) is 16.7 Å². The van der Waals surface area contributed by atoms with Gasteiger partial charge in [-0.05, 0) is 41.8 Å². The van der Waals surface area contributed by atoms with Crippen molar-refractivity contribution < 1.29 is 0 Å². The van der Waals surface area contributed by atoms with Crippen LogP contribution >= 0.6 is 34.5 Å². The minimum atomic E-state index is 0.0907. The van der Waals surface area contributed by atoms with E-state index >= 15 is 0 Å². The first-order valence-corrected chi connectivity index (χ1v) is 6.63. The van der Waals surface area contributed by atoms with E-state index in [2.05, 4.69) is 39.3 Å². The number of aryl methyl sites for hydroxylation is 1. The van der Waals surface area contributed by atoms with Crippen molar-refractivity contribution in [2.24, 2.45) is 0 Å². The van der Waals surface area contributed by atoms with E-state index < -0.39 is 0 Å². The van der Waals surface area contributed by atoms with Crippen LogP contribution in [0.15, 0.2) is 12.1 Å². The summed E-state index contributed by atoms with van der Waals surface area (Å²) in [6.45, 7) is 2.79. The van der Waals surface area contributed by atoms with Crippen molar-refractivity contribution in [3.05, 3.63) is 32.5 Å². The van der Waals surface area contributed by atoms with Crippen molar-refractivity contribution in [1.29, 1.82) is 0 Å². The second-order valence-electron chi connectivity index (χ2n) is 3.27. The van der Waals surface area contributed by atoms with Crippen molar-refractivity contribution in [1.82, 2.24) is 15.0 Å². The number of hydrogen-bond donors (Lipinski definition) is 1. The summed E-state index contributed by atoms with van der Waals surface area (Å²) in [5, 5.41) is 3.24. The van der Waals surface area contributed by atoms with E-state index in [1.807, 2.05) is 0 Å². The molecule has 0 spiro atoms. The molecule has 1 N–H and O–H groups in total. The van der Waals surface area contributed by atoms with Crippen molar-refractivity contribution >= 4 is 40.5 Å². The fourth-order valence-corrected chi connectivity index (χ4v) is 2.54. The molecule has 0 amide bonds. The summed E-state index contributed by atoms with van der Waals surface area (Å²) in [5.41, 5.74) is 0. The number of halogens is 2. The summed E-state index contributed by atoms with van der Waals surface area (Å²) < 4.78 is 0. The number of anilines is 1. The van der Waals surface area contributed by atoms with Gasteiger partial charge in [-0.15, -0.1) is 11.3 Å². The number of thiophene rings is 1. The van der Waals surface area contributed by atoms with Crippen LogP contribution in [0, 0.1) is 0 Å². The first-order valence-electron chi connectivity index (χ1n) is 5.06. The highest BCUT2D eigenvalue weighted by Crippen LogP contribution is 2.18. The Hall–Kier alpha value is -0.910. The van der Waals surface area contributed by atoms with Gasteiger partial charge in [0.05, 0.1) is 6.54 Å². The molecule has 0 radical (unpaired) electrons. The molecule has 90 valence electrons. The third-order valence-corrected chi connectivity index (χ3v) is 3.63. The normalized spacial score (nSPS) is 10.5. The van der Waals surface area contributed by atoms with E-state index in [-0.39, 0.29) is 10.6 Å². The quantitative estimate of drug-likeness (QED) is 0.937. The molecule has 0 aromatic carbocycles. The predicted molar refractivity (Wildman–Crippen MR) is 70.9 cm³/mol. The van der Waals surface area contributed by atoms with Gasteiger partial charge in [0, 0.05) is 9.75 Å². The van der Waals surface area contributed by atoms with Crippen LogP contribution in [0.5, 0.6) is 0 Å². The first-order chi connectivity index (χ1) is 8.17. The van der Waals surface area contributed by atoms with Crippen molar-refractivity contribution in [2.75, 3.05) is 5.32 Å². The molecule has 0 aliphatic heterocycles. The first kappa shape index (κ1) is 12.5. The van der Waals surface area contributed by atoms with Gasteiger partial charge in [0.1, 0.15) is 0 Å². The molecule has 2 aromatic rings. The second kappa shape index (κ2) is 5.62. The molecule has 0 aliphatic carbocycles. The van der Waals surface area contributed by atoms with Crippen LogP contribution in [-0.4, -0.2) is 15.0 Å². The van der Waals surface area contributed by atoms with Gasteiger partial charge in [-0.25, -0.2) is 0 Å². The molecule has 2 heterocycles. The fraction of sp³-hybridized carbons (Fsp3) is 0.300. The average Bonchev–Trinajstić information content (AvgIpc) is 2.73. The second-order valence-corrected chi connectivity index (χ2v) is 5.20. The lowest BCUT2D eigenvalue weighted by Crippen LogP contribution is -2.03. The molecule has 0 atom stereocenters. The highest BCUT2D eigenvalue weighted by Gasteiger charge is 2.04. The lowest BCUT2D eigenvalue weighted by molar-refractivity contribution is 1.01. The van der Waals surface area contributed by atoms with Crippen LogP contribution in [0.4, 0.5) is 5.95 Å². The maximum atomic E-state index is 5.67. The zero-order chi connectivity index (χ0) is 12.3. The van der Waals surface area contributed by atoms with E-state index in [1.54, 1.807) is 11.3 Å². The molecule has 0 saturated heterocycles. The molecule has 0 aliphatic rings. The molecule has 0 fully saturated rings. The Morgan fingerprint density at radius 2 is 1.76 bits per heavy atom. The SMILES string of the molecule is CCc1ccc(CNc2nc(Cl)nc(Cl)n2)s1. The molecule has 2 aromatic heterocycles. The summed E-state index contributed by atoms with van der Waals surface area (Å²) in [5.74, 6) is 0.390. The third kappa shape index (κ3) is 3.52. The Morgan fingerprint density at radius 3 is 2.35 bits per heavy atom. The monoisotopic (exact) mass is 288 g/mol. The third-order valence-electron chi connectivity index (χ3n) is 2.07. The number of rotatable bonds is 4. The lowest BCUT2D eigenvalue weighted by Gasteiger charge is -2.02. The summed E-state index contributed by atoms with van der Waals surface area (Å²) in [7, 11) is 0. The standard InChI is InChI=1S/C10H10Cl2N4S/c1-2-6-3-4-7(17-6)5-13-10-15-8(11)14-9(12)16-10/h3-4H,2,5H2,1H3,(H,13,14,15,16). The summed E-state index contributed by atoms with van der Waals surface area (Å²) >= 11 is 13.1. The summed E-state index contributed by atoms with van der Waals surface area (Å²) in [4.78, 5) is 14.1. The fourth-order valence-electron chi connectivity index (χ4n) is 1.28. The topological polar surface area (TPSA) is 50.7 Å². The molecule has 0 saturated carbocycles.